The van der Waals surface area contributed by atoms with Crippen molar-refractivity contribution in [2.24, 2.45) is 5.41 Å². The van der Waals surface area contributed by atoms with Crippen LogP contribution in [-0.2, 0) is 14.4 Å². The largest absolute Gasteiger partial charge is 0.478 e. The van der Waals surface area contributed by atoms with Gasteiger partial charge >= 0.3 is 5.97 Å². The summed E-state index contributed by atoms with van der Waals surface area (Å²) in [5.74, 6) is -1.33. The van der Waals surface area contributed by atoms with Gasteiger partial charge < -0.3 is 15.3 Å². The molecule has 0 aromatic rings. The van der Waals surface area contributed by atoms with Gasteiger partial charge in [-0.15, -0.1) is 0 Å². The maximum atomic E-state index is 13.0. The Labute approximate surface area is 187 Å². The van der Waals surface area contributed by atoms with E-state index in [1.54, 1.807) is 7.05 Å². The fraction of sp³-hybridized carbons (Fsp3) is 0.783. The Balaban J connectivity index is 0.00000282. The molecule has 31 heavy (non-hydrogen) atoms. The molecule has 180 valence electrons. The number of carboxylic acids is 1. The summed E-state index contributed by atoms with van der Waals surface area (Å²) in [4.78, 5) is 40.7. The lowest BCUT2D eigenvalue weighted by molar-refractivity contribution is -0.140. The normalized spacial score (nSPS) is 18.6. The van der Waals surface area contributed by atoms with Crippen LogP contribution in [-0.4, -0.2) is 77.6 Å². The molecule has 0 bridgehead atoms. The van der Waals surface area contributed by atoms with Gasteiger partial charge in [-0.25, -0.2) is 4.79 Å². The Bertz CT molecular complexity index is 629. The molecular weight excluding hydrogens is 401 g/mol. The predicted octanol–water partition coefficient (Wildman–Crippen LogP) is 3.25. The van der Waals surface area contributed by atoms with E-state index in [1.807, 2.05) is 20.8 Å². The number of hydrogen-bond acceptors (Lipinski definition) is 4. The number of carbonyl (C=O) groups is 3. The predicted molar refractivity (Wildman–Crippen MR) is 122 cm³/mol. The first kappa shape index (κ1) is 29.0. The maximum absolute atomic E-state index is 13.0. The number of carbonyl (C=O) groups excluding carboxylic acids is 2. The highest BCUT2D eigenvalue weighted by atomic mass is 19.1. The first-order chi connectivity index (χ1) is 14.3. The number of likely N-dealkylation sites (tertiary alicyclic amines) is 1. The van der Waals surface area contributed by atoms with Crippen molar-refractivity contribution in [3.8, 4) is 0 Å². The van der Waals surface area contributed by atoms with Gasteiger partial charge in [0.05, 0.1) is 12.7 Å². The summed E-state index contributed by atoms with van der Waals surface area (Å²) in [7, 11) is 1.62. The van der Waals surface area contributed by atoms with Gasteiger partial charge in [0.1, 0.15) is 6.04 Å². The summed E-state index contributed by atoms with van der Waals surface area (Å²) >= 11 is 0. The van der Waals surface area contributed by atoms with Crippen LogP contribution in [0.5, 0.6) is 0 Å². The van der Waals surface area contributed by atoms with Crippen molar-refractivity contribution < 1.29 is 23.9 Å². The van der Waals surface area contributed by atoms with Crippen LogP contribution in [0.2, 0.25) is 0 Å². The summed E-state index contributed by atoms with van der Waals surface area (Å²) < 4.78 is 10.3. The van der Waals surface area contributed by atoms with Crippen LogP contribution in [0.4, 0.5) is 4.39 Å². The SMILES string of the molecule is C/C(=C\CN(C)C(=O)C(NC(=O)C1CCCCN1C(C)C)C(C)(C)C)C(=O)O.CCF. The van der Waals surface area contributed by atoms with Crippen molar-refractivity contribution in [2.45, 2.75) is 85.9 Å². The van der Waals surface area contributed by atoms with Crippen molar-refractivity contribution in [3.63, 3.8) is 0 Å². The van der Waals surface area contributed by atoms with Crippen molar-refractivity contribution in [2.75, 3.05) is 26.8 Å². The number of carboxylic acid groups (broad SMARTS) is 1. The van der Waals surface area contributed by atoms with Crippen molar-refractivity contribution in [1.82, 2.24) is 15.1 Å². The molecule has 0 aromatic heterocycles. The zero-order valence-corrected chi connectivity index (χ0v) is 20.5. The molecular formula is C23H42FN3O4. The summed E-state index contributed by atoms with van der Waals surface area (Å²) in [6, 6.07) is -0.628. The van der Waals surface area contributed by atoms with E-state index in [9.17, 15) is 18.8 Å². The van der Waals surface area contributed by atoms with Gasteiger partial charge in [-0.2, -0.15) is 0 Å². The van der Waals surface area contributed by atoms with Crippen LogP contribution in [0, 0.1) is 5.41 Å². The Morgan fingerprint density at radius 1 is 1.26 bits per heavy atom. The molecule has 8 heteroatoms. The number of aliphatic carboxylic acids is 1. The molecule has 1 rings (SSSR count). The zero-order valence-electron chi connectivity index (χ0n) is 20.5. The first-order valence-electron chi connectivity index (χ1n) is 11.0. The van der Waals surface area contributed by atoms with E-state index in [4.69, 9.17) is 5.11 Å². The molecule has 0 spiro atoms. The monoisotopic (exact) mass is 443 g/mol. The molecule has 1 heterocycles. The number of halogens is 1. The molecule has 1 saturated heterocycles. The van der Waals surface area contributed by atoms with Crippen molar-refractivity contribution in [3.05, 3.63) is 11.6 Å². The van der Waals surface area contributed by atoms with E-state index >= 15 is 0 Å². The average molecular weight is 444 g/mol. The second-order valence-corrected chi connectivity index (χ2v) is 9.33. The van der Waals surface area contributed by atoms with E-state index in [2.05, 4.69) is 24.1 Å². The Morgan fingerprint density at radius 3 is 2.26 bits per heavy atom. The third kappa shape index (κ3) is 9.80. The zero-order chi connectivity index (χ0) is 24.4. The van der Waals surface area contributed by atoms with Gasteiger partial charge in [0.15, 0.2) is 0 Å². The van der Waals surface area contributed by atoms with Crippen LogP contribution < -0.4 is 5.32 Å². The summed E-state index contributed by atoms with van der Waals surface area (Å²) in [6.07, 6.45) is 4.39. The number of hydrogen-bond donors (Lipinski definition) is 2. The van der Waals surface area contributed by atoms with Gasteiger partial charge in [0.2, 0.25) is 11.8 Å². The molecule has 0 saturated carbocycles. The van der Waals surface area contributed by atoms with Crippen molar-refractivity contribution >= 4 is 17.8 Å². The van der Waals surface area contributed by atoms with Gasteiger partial charge in [-0.05, 0) is 52.5 Å². The van der Waals surface area contributed by atoms with Crippen LogP contribution in [0.3, 0.4) is 0 Å². The van der Waals surface area contributed by atoms with E-state index in [-0.39, 0.29) is 42.7 Å². The van der Waals surface area contributed by atoms with Crippen LogP contribution >= 0.6 is 0 Å². The third-order valence-corrected chi connectivity index (χ3v) is 5.29. The third-order valence-electron chi connectivity index (χ3n) is 5.29. The minimum absolute atomic E-state index is 0.104. The lowest BCUT2D eigenvalue weighted by Gasteiger charge is -2.40. The van der Waals surface area contributed by atoms with E-state index in [1.165, 1.54) is 24.8 Å². The highest BCUT2D eigenvalue weighted by Gasteiger charge is 2.38. The van der Waals surface area contributed by atoms with E-state index in [0.717, 1.165) is 25.8 Å². The Hall–Kier alpha value is -1.96. The fourth-order valence-electron chi connectivity index (χ4n) is 3.41. The van der Waals surface area contributed by atoms with Gasteiger partial charge in [0.25, 0.3) is 0 Å². The summed E-state index contributed by atoms with van der Waals surface area (Å²) in [5, 5.41) is 12.0. The topological polar surface area (TPSA) is 90.0 Å². The highest BCUT2D eigenvalue weighted by Crippen LogP contribution is 2.24. The maximum Gasteiger partial charge on any atom is 0.331 e. The molecule has 1 aliphatic heterocycles. The highest BCUT2D eigenvalue weighted by molar-refractivity contribution is 5.90. The fourth-order valence-corrected chi connectivity index (χ4v) is 3.41. The molecule has 2 amide bonds. The van der Waals surface area contributed by atoms with Gasteiger partial charge in [0, 0.05) is 25.2 Å². The molecule has 0 aliphatic carbocycles. The molecule has 2 atom stereocenters. The molecule has 2 unspecified atom stereocenters. The summed E-state index contributed by atoms with van der Waals surface area (Å²) in [6.45, 7) is 13.7. The smallest absolute Gasteiger partial charge is 0.331 e. The number of amides is 2. The lowest BCUT2D eigenvalue weighted by Crippen LogP contribution is -2.59. The molecule has 0 radical (unpaired) electrons. The van der Waals surface area contributed by atoms with Gasteiger partial charge in [-0.1, -0.05) is 33.3 Å². The number of nitrogens with zero attached hydrogens (tertiary/aromatic N) is 2. The molecule has 1 aliphatic rings. The molecule has 1 fully saturated rings. The average Bonchev–Trinajstić information content (AvgIpc) is 2.68. The van der Waals surface area contributed by atoms with Crippen LogP contribution in [0.1, 0.15) is 67.7 Å². The van der Waals surface area contributed by atoms with Gasteiger partial charge in [-0.3, -0.25) is 18.9 Å². The second-order valence-electron chi connectivity index (χ2n) is 9.33. The molecule has 7 nitrogen and oxygen atoms in total. The van der Waals surface area contributed by atoms with Crippen LogP contribution in [0.15, 0.2) is 11.6 Å². The minimum atomic E-state index is -1.01. The Kier molecular flexibility index (Phi) is 12.6. The number of likely N-dealkylation sites (N-methyl/N-ethyl adjacent to an activating group) is 1. The van der Waals surface area contributed by atoms with Crippen molar-refractivity contribution in [1.29, 1.82) is 0 Å². The second kappa shape index (κ2) is 13.5. The quantitative estimate of drug-likeness (QED) is 0.590. The molecule has 2 N–H and O–H groups in total. The molecule has 0 aromatic carbocycles. The number of rotatable bonds is 7. The van der Waals surface area contributed by atoms with E-state index in [0.29, 0.717) is 0 Å². The van der Waals surface area contributed by atoms with Crippen LogP contribution in [0.25, 0.3) is 0 Å². The standard InChI is InChI=1S/C21H37N3O4.C2H5F/c1-14(2)24-12-9-8-10-16(24)18(25)22-17(21(4,5)6)19(26)23(7)13-11-15(3)20(27)28;1-2-3/h11,14,16-17H,8-10,12-13H2,1-7H3,(H,22,25)(H,27,28);2H2,1H3/b15-11+;. The Morgan fingerprint density at radius 2 is 1.81 bits per heavy atom. The lowest BCUT2D eigenvalue weighted by atomic mass is 9.85. The number of nitrogens with one attached hydrogen (secondary N) is 1. The minimum Gasteiger partial charge on any atom is -0.478 e. The van der Waals surface area contributed by atoms with E-state index < -0.39 is 17.4 Å². The number of alkyl halides is 1. The summed E-state index contributed by atoms with van der Waals surface area (Å²) in [5.41, 5.74) is -0.282. The first-order valence-corrected chi connectivity index (χ1v) is 11.0. The number of piperidine rings is 1.